The molecule has 13 rings (SSSR count). The van der Waals surface area contributed by atoms with Crippen LogP contribution in [0.5, 0.6) is 69.0 Å². The molecule has 28 nitrogen and oxygen atoms in total. The van der Waals surface area contributed by atoms with Crippen LogP contribution in [0.15, 0.2) is 121 Å². The van der Waals surface area contributed by atoms with Crippen molar-refractivity contribution in [2.45, 2.75) is 166 Å². The highest BCUT2D eigenvalue weighted by atomic mass is 28.4. The molecule has 0 aromatic heterocycles. The molecule has 6 heterocycles. The van der Waals surface area contributed by atoms with Crippen molar-refractivity contribution >= 4 is 64.1 Å². The van der Waals surface area contributed by atoms with E-state index in [1.807, 2.05) is 67.7 Å². The van der Waals surface area contributed by atoms with Crippen molar-refractivity contribution in [2.75, 3.05) is 42.7 Å². The first-order chi connectivity index (χ1) is 52.7. The predicted molar refractivity (Wildman–Crippen MR) is 418 cm³/mol. The van der Waals surface area contributed by atoms with Crippen molar-refractivity contribution in [1.82, 2.24) is 37.2 Å². The second kappa shape index (κ2) is 31.8. The van der Waals surface area contributed by atoms with Gasteiger partial charge in [-0.2, -0.15) is 0 Å². The van der Waals surface area contributed by atoms with Gasteiger partial charge in [-0.1, -0.05) is 77.9 Å². The van der Waals surface area contributed by atoms with Crippen LogP contribution >= 0.6 is 0 Å². The highest BCUT2D eigenvalue weighted by molar-refractivity contribution is 6.74. The predicted octanol–water partition coefficient (Wildman–Crippen LogP) is 12.9. The lowest BCUT2D eigenvalue weighted by atomic mass is 9.89. The molecule has 30 heteroatoms. The Labute approximate surface area is 652 Å². The van der Waals surface area contributed by atoms with Gasteiger partial charge in [0.25, 0.3) is 0 Å². The Morgan fingerprint density at radius 3 is 1.38 bits per heavy atom. The number of hydrogen-bond acceptors (Lipinski definition) is 20. The summed E-state index contributed by atoms with van der Waals surface area (Å²) in [5.74, 6) is -7.01. The number of rotatable bonds is 12. The molecule has 8 N–H and O–H groups in total. The van der Waals surface area contributed by atoms with E-state index in [1.54, 1.807) is 76.2 Å². The fourth-order valence-corrected chi connectivity index (χ4v) is 15.6. The number of carbonyl (C=O) groups is 8. The van der Waals surface area contributed by atoms with Crippen LogP contribution in [-0.2, 0) is 47.2 Å². The van der Waals surface area contributed by atoms with Crippen LogP contribution in [0.3, 0.4) is 0 Å². The quantitative estimate of drug-likeness (QED) is 0.0527. The maximum Gasteiger partial charge on any atom is 0.408 e. The minimum atomic E-state index is -3.12. The number of amides is 7. The maximum absolute atomic E-state index is 16.8. The lowest BCUT2D eigenvalue weighted by Gasteiger charge is -2.42. The van der Waals surface area contributed by atoms with Gasteiger partial charge in [0, 0.05) is 28.3 Å². The van der Waals surface area contributed by atoms with E-state index in [0.29, 0.717) is 16.7 Å². The van der Waals surface area contributed by atoms with Gasteiger partial charge in [-0.25, -0.2) is 9.59 Å². The smallest absolute Gasteiger partial charge is 0.408 e. The van der Waals surface area contributed by atoms with Gasteiger partial charge in [0.1, 0.15) is 82.1 Å². The van der Waals surface area contributed by atoms with E-state index in [4.69, 9.17) is 56.2 Å². The molecule has 7 aromatic carbocycles. The van der Waals surface area contributed by atoms with E-state index in [2.05, 4.69) is 37.2 Å². The van der Waals surface area contributed by atoms with E-state index in [9.17, 15) is 14.7 Å². The number of nitrogens with one attached hydrogen (secondary N) is 7. The summed E-state index contributed by atoms with van der Waals surface area (Å²) < 4.78 is 76.6. The molecule has 0 aliphatic carbocycles. The van der Waals surface area contributed by atoms with Gasteiger partial charge in [-0.05, 0) is 176 Å². The zero-order valence-electron chi connectivity index (χ0n) is 66.4. The molecule has 7 aromatic rings. The van der Waals surface area contributed by atoms with Crippen LogP contribution in [-0.4, -0.2) is 130 Å². The molecule has 0 radical (unpaired) electrons. The Hall–Kier alpha value is -11.3. The van der Waals surface area contributed by atoms with Crippen LogP contribution < -0.4 is 79.8 Å². The van der Waals surface area contributed by atoms with E-state index >= 15 is 28.8 Å². The van der Waals surface area contributed by atoms with E-state index in [0.717, 1.165) is 0 Å². The summed E-state index contributed by atoms with van der Waals surface area (Å²) in [4.78, 5) is 126. The van der Waals surface area contributed by atoms with Gasteiger partial charge in [-0.15, -0.1) is 0 Å². The lowest BCUT2D eigenvalue weighted by molar-refractivity contribution is -0.143. The number of fused-ring (bicyclic) bond motifs is 14. The first-order valence-corrected chi connectivity index (χ1v) is 42.2. The Bertz CT molecular complexity index is 4840. The molecule has 0 fully saturated rings. The number of alkyl carbamates (subject to hydrolysis) is 1. The third-order valence-corrected chi connectivity index (χ3v) is 30.0. The van der Waals surface area contributed by atoms with Crippen molar-refractivity contribution in [1.29, 1.82) is 0 Å². The zero-order valence-corrected chi connectivity index (χ0v) is 68.4. The number of carbonyl (C=O) groups excluding carboxylic acids is 7. The first-order valence-electron chi connectivity index (χ1n) is 36.4. The topological polar surface area (TPSA) is 352 Å². The molecule has 9 atom stereocenters. The number of ether oxygens (including phenoxy) is 10. The summed E-state index contributed by atoms with van der Waals surface area (Å²) in [5, 5.41) is 30.4. The van der Waals surface area contributed by atoms with E-state index in [1.165, 1.54) is 115 Å². The van der Waals surface area contributed by atoms with Crippen LogP contribution in [0.1, 0.15) is 149 Å². The van der Waals surface area contributed by atoms with Crippen molar-refractivity contribution < 1.29 is 99.7 Å². The molecule has 6 aliphatic heterocycles. The second-order valence-corrected chi connectivity index (χ2v) is 41.3. The fraction of sp³-hybridized carbons (Fsp3) is 0.390. The average Bonchev–Trinajstić information content (AvgIpc) is 0.749. The van der Waals surface area contributed by atoms with Crippen molar-refractivity contribution in [3.05, 3.63) is 166 Å². The third-order valence-electron chi connectivity index (χ3n) is 21.1. The van der Waals surface area contributed by atoms with Crippen molar-refractivity contribution in [2.24, 2.45) is 0 Å². The Balaban J connectivity index is 1.21. The zero-order chi connectivity index (χ0) is 81.6. The summed E-state index contributed by atoms with van der Waals surface area (Å²) in [7, 11) is 2.04. The molecular formula is C82H97N7O21Si2. The number of aliphatic carboxylic acids is 1. The third kappa shape index (κ3) is 16.9. The monoisotopic (exact) mass is 1570 g/mol. The average molecular weight is 1570 g/mol. The SMILES string of the molecule is COc1cc(OC)c2c(c1)[C@@H](C(=O)O)NC(=O)[C@H]1NC(=O)[C@H](NC(=O)[C@@H]3NC(=O)[C@H]4NC(=O)[C@H](NC(=O)[C@H](NC(=O)OC(C)(C)C)c5ccc(OC)c(c5)Oc5cc4cc(OC)c5C)[C@H](O[Si](C)(C)C(C)(C)C)c4ccc(cc4)Oc4cc3cc(c4OC)Oc3ccc(cc3)[C@H]1O[Si](C)(C)C(C)(C)C)c1ccc(OC)c-2c1. The number of carboxylic acid groups (broad SMARTS) is 1. The van der Waals surface area contributed by atoms with Gasteiger partial charge in [0.05, 0.1) is 54.9 Å². The van der Waals surface area contributed by atoms with Crippen LogP contribution in [0.25, 0.3) is 11.1 Å². The van der Waals surface area contributed by atoms with Crippen LogP contribution in [0.2, 0.25) is 36.3 Å². The molecular weight excluding hydrogens is 1480 g/mol. The number of methoxy groups -OCH3 is 6. The van der Waals surface area contributed by atoms with E-state index in [-0.39, 0.29) is 108 Å². The standard InChI is InChI=1S/C82H97N7O21Si2/c1-41-55(102-14)35-46-36-56(41)107-57-34-45(26-32-54(57)101-13)63(89-79(98)108-80(2,3)4)73(91)88-67-69(109-111(17,18)81(5,6)7)42-21-27-48(28-22-42)105-59-37-47-38-60(71(59)104-16)106-49-29-23-43(24-30-49)70(110-112(19,20)82(8,9)10)68-77(95)86-66(78(96)97)52-39-50(99-11)40-58(103-15)61(52)51-33-44(25-31-53(51)100-12)62(72(90)87-68)83-74(92)65(47)84-75(93)64(46)85-76(67)94/h21-40,62-70H,1-20H3,(H,83,92)(H,84,93)(H,85,94)(H,86,95)(H,87,90)(H,88,91)(H,89,98)(H,96,97)/t62-,63-,64+,65-,66+,67-,68+,69-,70-/m1/s1. The molecule has 0 spiro atoms. The Morgan fingerprint density at radius 1 is 0.438 bits per heavy atom. The van der Waals surface area contributed by atoms with Gasteiger partial charge < -0.3 is 98.5 Å². The summed E-state index contributed by atoms with van der Waals surface area (Å²) in [5.41, 5.74) is 0.225. The number of carboxylic acids is 1. The van der Waals surface area contributed by atoms with Gasteiger partial charge in [-0.3, -0.25) is 28.8 Å². The molecule has 17 bridgehead atoms. The molecule has 594 valence electrons. The Morgan fingerprint density at radius 2 is 0.884 bits per heavy atom. The summed E-state index contributed by atoms with van der Waals surface area (Å²) in [6, 6.07) is 17.7. The molecule has 7 amide bonds. The minimum absolute atomic E-state index is 0.0148. The fourth-order valence-electron chi connectivity index (χ4n) is 13.1. The van der Waals surface area contributed by atoms with E-state index < -0.39 is 134 Å². The molecule has 112 heavy (non-hydrogen) atoms. The van der Waals surface area contributed by atoms with Crippen molar-refractivity contribution in [3.63, 3.8) is 0 Å². The summed E-state index contributed by atoms with van der Waals surface area (Å²) in [6.07, 6.45) is -3.83. The number of hydrogen-bond donors (Lipinski definition) is 8. The summed E-state index contributed by atoms with van der Waals surface area (Å²) >= 11 is 0. The van der Waals surface area contributed by atoms with Crippen LogP contribution in [0.4, 0.5) is 4.79 Å². The van der Waals surface area contributed by atoms with Crippen molar-refractivity contribution in [3.8, 4) is 80.1 Å². The largest absolute Gasteiger partial charge is 0.497 e. The highest BCUT2D eigenvalue weighted by Gasteiger charge is 2.49. The Kier molecular flexibility index (Phi) is 23.2. The highest BCUT2D eigenvalue weighted by Crippen LogP contribution is 2.50. The molecule has 6 aliphatic rings. The maximum atomic E-state index is 16.8. The second-order valence-electron chi connectivity index (χ2n) is 31.8. The lowest BCUT2D eigenvalue weighted by Crippen LogP contribution is -2.58. The minimum Gasteiger partial charge on any atom is -0.497 e. The molecule has 0 unspecified atom stereocenters. The van der Waals surface area contributed by atoms with Gasteiger partial charge >= 0.3 is 12.1 Å². The molecule has 0 saturated heterocycles. The normalized spacial score (nSPS) is 20.8. The first kappa shape index (κ1) is 81.6. The van der Waals surface area contributed by atoms with Gasteiger partial charge in [0.15, 0.2) is 45.7 Å². The molecule has 0 saturated carbocycles. The summed E-state index contributed by atoms with van der Waals surface area (Å²) in [6.45, 7) is 26.3. The number of benzene rings is 7. The van der Waals surface area contributed by atoms with Gasteiger partial charge in [0.2, 0.25) is 41.2 Å². The van der Waals surface area contributed by atoms with Crippen LogP contribution in [0, 0.1) is 6.92 Å².